The first-order valence-electron chi connectivity index (χ1n) is 7.81. The Morgan fingerprint density at radius 2 is 2.13 bits per heavy atom. The molecule has 1 aromatic rings. The molecule has 23 heavy (non-hydrogen) atoms. The van der Waals surface area contributed by atoms with Crippen molar-refractivity contribution in [1.82, 2.24) is 4.90 Å². The number of rotatable bonds is 6. The van der Waals surface area contributed by atoms with Gasteiger partial charge in [0.05, 0.1) is 13.2 Å². The van der Waals surface area contributed by atoms with Gasteiger partial charge in [-0.3, -0.25) is 4.79 Å². The van der Waals surface area contributed by atoms with E-state index < -0.39 is 0 Å². The van der Waals surface area contributed by atoms with Crippen LogP contribution in [0.4, 0.5) is 0 Å². The molecule has 1 amide bonds. The molecule has 130 valence electrons. The van der Waals surface area contributed by atoms with E-state index in [9.17, 15) is 4.79 Å². The van der Waals surface area contributed by atoms with Crippen molar-refractivity contribution < 1.29 is 14.3 Å². The second-order valence-electron chi connectivity index (χ2n) is 5.87. The number of nitrogens with zero attached hydrogens (tertiary/aromatic N) is 1. The van der Waals surface area contributed by atoms with Crippen molar-refractivity contribution in [3.05, 3.63) is 29.8 Å². The van der Waals surface area contributed by atoms with Crippen molar-refractivity contribution in [1.29, 1.82) is 0 Å². The lowest BCUT2D eigenvalue weighted by molar-refractivity contribution is -0.143. The van der Waals surface area contributed by atoms with Crippen LogP contribution in [0.2, 0.25) is 0 Å². The average molecular weight is 343 g/mol. The number of likely N-dealkylation sites (N-methyl/N-ethyl adjacent to an activating group) is 1. The lowest BCUT2D eigenvalue weighted by atomic mass is 10.0. The minimum absolute atomic E-state index is 0. The summed E-state index contributed by atoms with van der Waals surface area (Å²) in [6.07, 6.45) is 2.04. The topological polar surface area (TPSA) is 64.8 Å². The predicted molar refractivity (Wildman–Crippen MR) is 93.1 cm³/mol. The molecule has 3 atom stereocenters. The van der Waals surface area contributed by atoms with E-state index in [4.69, 9.17) is 15.2 Å². The molecule has 1 aromatic carbocycles. The fraction of sp³-hybridized carbons (Fsp3) is 0.588. The van der Waals surface area contributed by atoms with Gasteiger partial charge in [0.15, 0.2) is 0 Å². The first-order chi connectivity index (χ1) is 10.6. The quantitative estimate of drug-likeness (QED) is 0.859. The van der Waals surface area contributed by atoms with Gasteiger partial charge in [0, 0.05) is 19.6 Å². The number of halogens is 1. The van der Waals surface area contributed by atoms with Crippen LogP contribution < -0.4 is 10.5 Å². The Labute approximate surface area is 144 Å². The molecule has 6 heteroatoms. The van der Waals surface area contributed by atoms with E-state index in [0.29, 0.717) is 6.54 Å². The molecule has 0 saturated carbocycles. The van der Waals surface area contributed by atoms with Gasteiger partial charge in [-0.15, -0.1) is 12.4 Å². The Morgan fingerprint density at radius 1 is 1.43 bits per heavy atom. The third-order valence-corrected chi connectivity index (χ3v) is 4.36. The van der Waals surface area contributed by atoms with Crippen LogP contribution in [0, 0.1) is 0 Å². The number of nitrogens with two attached hydrogens (primary N) is 1. The predicted octanol–water partition coefficient (Wildman–Crippen LogP) is 2.01. The second kappa shape index (κ2) is 9.11. The minimum atomic E-state index is -0.348. The normalized spacial score (nSPS) is 21.4. The minimum Gasteiger partial charge on any atom is -0.496 e. The average Bonchev–Trinajstić information content (AvgIpc) is 3.03. The Bertz CT molecular complexity index is 512. The van der Waals surface area contributed by atoms with Gasteiger partial charge in [0.2, 0.25) is 0 Å². The smallest absolute Gasteiger partial charge is 0.251 e. The van der Waals surface area contributed by atoms with Crippen molar-refractivity contribution in [3.63, 3.8) is 0 Å². The van der Waals surface area contributed by atoms with Crippen molar-refractivity contribution in [2.45, 2.75) is 44.4 Å². The number of hydrogen-bond donors (Lipinski definition) is 1. The van der Waals surface area contributed by atoms with Crippen molar-refractivity contribution in [3.8, 4) is 5.75 Å². The van der Waals surface area contributed by atoms with Crippen LogP contribution in [0.15, 0.2) is 24.3 Å². The van der Waals surface area contributed by atoms with Crippen LogP contribution in [-0.2, 0) is 16.0 Å². The summed E-state index contributed by atoms with van der Waals surface area (Å²) in [5.41, 5.74) is 6.70. The number of ether oxygens (including phenoxy) is 2. The molecule has 5 nitrogen and oxygen atoms in total. The third kappa shape index (κ3) is 4.83. The van der Waals surface area contributed by atoms with E-state index in [1.165, 1.54) is 0 Å². The first kappa shape index (κ1) is 19.7. The molecule has 0 bridgehead atoms. The van der Waals surface area contributed by atoms with Gasteiger partial charge in [-0.05, 0) is 37.8 Å². The van der Waals surface area contributed by atoms with Gasteiger partial charge in [0.1, 0.15) is 11.9 Å². The molecule has 2 rings (SSSR count). The second-order valence-corrected chi connectivity index (χ2v) is 5.87. The van der Waals surface area contributed by atoms with Gasteiger partial charge in [-0.1, -0.05) is 18.2 Å². The molecule has 0 radical (unpaired) electrons. The lowest BCUT2D eigenvalue weighted by Crippen LogP contribution is -2.43. The molecule has 0 aromatic heterocycles. The first-order valence-corrected chi connectivity index (χ1v) is 7.81. The van der Waals surface area contributed by atoms with Gasteiger partial charge in [-0.2, -0.15) is 0 Å². The van der Waals surface area contributed by atoms with Gasteiger partial charge < -0.3 is 20.1 Å². The third-order valence-electron chi connectivity index (χ3n) is 4.36. The Kier molecular flexibility index (Phi) is 7.82. The van der Waals surface area contributed by atoms with E-state index >= 15 is 0 Å². The van der Waals surface area contributed by atoms with Crippen LogP contribution in [0.3, 0.4) is 0 Å². The molecule has 0 spiro atoms. The van der Waals surface area contributed by atoms with E-state index in [0.717, 1.165) is 30.6 Å². The highest BCUT2D eigenvalue weighted by molar-refractivity contribution is 5.85. The Morgan fingerprint density at radius 3 is 2.74 bits per heavy atom. The number of carbonyl (C=O) groups excluding carboxylic acids is 1. The van der Waals surface area contributed by atoms with Crippen molar-refractivity contribution in [2.24, 2.45) is 5.73 Å². The van der Waals surface area contributed by atoms with E-state index in [2.05, 4.69) is 0 Å². The molecular formula is C17H27ClN2O3. The fourth-order valence-electron chi connectivity index (χ4n) is 2.83. The van der Waals surface area contributed by atoms with Crippen LogP contribution in [0.1, 0.15) is 25.3 Å². The summed E-state index contributed by atoms with van der Waals surface area (Å²) >= 11 is 0. The van der Waals surface area contributed by atoms with Crippen molar-refractivity contribution in [2.75, 3.05) is 20.7 Å². The van der Waals surface area contributed by atoms with Crippen LogP contribution in [-0.4, -0.2) is 49.8 Å². The van der Waals surface area contributed by atoms with E-state index in [1.807, 2.05) is 38.2 Å². The van der Waals surface area contributed by atoms with Crippen LogP contribution in [0.5, 0.6) is 5.75 Å². The molecule has 0 aliphatic carbocycles. The number of para-hydroxylation sites is 1. The maximum Gasteiger partial charge on any atom is 0.251 e. The summed E-state index contributed by atoms with van der Waals surface area (Å²) in [6, 6.07) is 7.98. The fourth-order valence-corrected chi connectivity index (χ4v) is 2.83. The zero-order valence-electron chi connectivity index (χ0n) is 14.0. The summed E-state index contributed by atoms with van der Waals surface area (Å²) < 4.78 is 11.1. The zero-order valence-corrected chi connectivity index (χ0v) is 14.8. The Balaban J connectivity index is 0.00000264. The monoisotopic (exact) mass is 342 g/mol. The molecule has 1 saturated heterocycles. The number of carbonyl (C=O) groups is 1. The summed E-state index contributed by atoms with van der Waals surface area (Å²) in [7, 11) is 3.50. The lowest BCUT2D eigenvalue weighted by Gasteiger charge is -2.28. The Hall–Kier alpha value is -1.30. The summed E-state index contributed by atoms with van der Waals surface area (Å²) in [5, 5.41) is 0. The van der Waals surface area contributed by atoms with E-state index in [-0.39, 0.29) is 36.6 Å². The zero-order chi connectivity index (χ0) is 16.1. The standard InChI is InChI=1S/C17H26N2O3.ClH/c1-12(10-13-6-4-5-7-15(13)21-3)19(2)17(20)16-9-8-14(11-18)22-16;/h4-7,12,14,16H,8-11,18H2,1-3H3;1H/t12?,14-,16+;/m1./s1. The maximum absolute atomic E-state index is 12.5. The number of methoxy groups -OCH3 is 1. The molecule has 1 heterocycles. The number of benzene rings is 1. The molecule has 2 N–H and O–H groups in total. The summed E-state index contributed by atoms with van der Waals surface area (Å²) in [5.74, 6) is 0.897. The van der Waals surface area contributed by atoms with Crippen LogP contribution in [0.25, 0.3) is 0 Å². The highest BCUT2D eigenvalue weighted by atomic mass is 35.5. The van der Waals surface area contributed by atoms with Crippen LogP contribution >= 0.6 is 12.4 Å². The number of hydrogen-bond acceptors (Lipinski definition) is 4. The van der Waals surface area contributed by atoms with Crippen molar-refractivity contribution >= 4 is 18.3 Å². The van der Waals surface area contributed by atoms with Gasteiger partial charge in [-0.25, -0.2) is 0 Å². The largest absolute Gasteiger partial charge is 0.496 e. The summed E-state index contributed by atoms with van der Waals surface area (Å²) in [4.78, 5) is 14.3. The highest BCUT2D eigenvalue weighted by Gasteiger charge is 2.33. The molecule has 1 aliphatic rings. The molecule has 1 fully saturated rings. The molecule has 1 unspecified atom stereocenters. The van der Waals surface area contributed by atoms with Gasteiger partial charge >= 0.3 is 0 Å². The molecule has 1 aliphatic heterocycles. The summed E-state index contributed by atoms with van der Waals surface area (Å²) in [6.45, 7) is 2.52. The SMILES string of the molecule is COc1ccccc1CC(C)N(C)C(=O)[C@@H]1CC[C@H](CN)O1.Cl. The van der Waals surface area contributed by atoms with E-state index in [1.54, 1.807) is 12.0 Å². The maximum atomic E-state index is 12.5. The highest BCUT2D eigenvalue weighted by Crippen LogP contribution is 2.23. The molecular weight excluding hydrogens is 316 g/mol. The van der Waals surface area contributed by atoms with Gasteiger partial charge in [0.25, 0.3) is 5.91 Å². The number of amides is 1.